The maximum atomic E-state index is 13.1. The highest BCUT2D eigenvalue weighted by Crippen LogP contribution is 2.25. The molecule has 1 aliphatic carbocycles. The van der Waals surface area contributed by atoms with Gasteiger partial charge in [0.2, 0.25) is 0 Å². The minimum absolute atomic E-state index is 0.520. The SMILES string of the molecule is Fc1cc(F)cc(CSc2cccc(CNC3CC3)c2)c1. The Kier molecular flexibility index (Phi) is 4.56. The molecule has 1 aliphatic rings. The fourth-order valence-electron chi connectivity index (χ4n) is 2.16. The van der Waals surface area contributed by atoms with Crippen LogP contribution in [0.3, 0.4) is 0 Å². The Morgan fingerprint density at radius 2 is 1.76 bits per heavy atom. The molecule has 4 heteroatoms. The van der Waals surface area contributed by atoms with Crippen LogP contribution in [-0.2, 0) is 12.3 Å². The second-order valence-electron chi connectivity index (χ2n) is 5.37. The minimum atomic E-state index is -0.520. The number of nitrogens with one attached hydrogen (secondary N) is 1. The van der Waals surface area contributed by atoms with E-state index < -0.39 is 11.6 Å². The lowest BCUT2D eigenvalue weighted by atomic mass is 10.2. The third kappa shape index (κ3) is 4.55. The maximum Gasteiger partial charge on any atom is 0.126 e. The zero-order valence-corrected chi connectivity index (χ0v) is 12.4. The van der Waals surface area contributed by atoms with Crippen molar-refractivity contribution in [1.82, 2.24) is 5.32 Å². The summed E-state index contributed by atoms with van der Waals surface area (Å²) in [7, 11) is 0. The Morgan fingerprint density at radius 1 is 1.00 bits per heavy atom. The van der Waals surface area contributed by atoms with Crippen LogP contribution in [0.5, 0.6) is 0 Å². The molecule has 1 saturated carbocycles. The molecule has 21 heavy (non-hydrogen) atoms. The average molecular weight is 305 g/mol. The molecule has 0 saturated heterocycles. The number of rotatable bonds is 6. The van der Waals surface area contributed by atoms with Crippen LogP contribution in [0, 0.1) is 11.6 Å². The number of benzene rings is 2. The van der Waals surface area contributed by atoms with Crippen LogP contribution in [0.2, 0.25) is 0 Å². The Bertz CT molecular complexity index is 606. The molecular weight excluding hydrogens is 288 g/mol. The van der Waals surface area contributed by atoms with Gasteiger partial charge in [-0.1, -0.05) is 12.1 Å². The third-order valence-corrected chi connectivity index (χ3v) is 4.46. The van der Waals surface area contributed by atoms with Gasteiger partial charge in [0, 0.05) is 29.3 Å². The lowest BCUT2D eigenvalue weighted by molar-refractivity contribution is 0.581. The average Bonchev–Trinajstić information content (AvgIpc) is 3.27. The van der Waals surface area contributed by atoms with E-state index in [0.29, 0.717) is 17.4 Å². The summed E-state index contributed by atoms with van der Waals surface area (Å²) >= 11 is 1.59. The van der Waals surface area contributed by atoms with Gasteiger partial charge in [-0.15, -0.1) is 11.8 Å². The summed E-state index contributed by atoms with van der Waals surface area (Å²) in [4.78, 5) is 1.12. The topological polar surface area (TPSA) is 12.0 Å². The first-order chi connectivity index (χ1) is 10.2. The third-order valence-electron chi connectivity index (χ3n) is 3.40. The molecule has 0 spiro atoms. The van der Waals surface area contributed by atoms with Crippen LogP contribution < -0.4 is 5.32 Å². The first-order valence-corrected chi connectivity index (χ1v) is 8.08. The van der Waals surface area contributed by atoms with Crippen LogP contribution in [0.15, 0.2) is 47.4 Å². The molecule has 1 nitrogen and oxygen atoms in total. The highest BCUT2D eigenvalue weighted by molar-refractivity contribution is 7.98. The van der Waals surface area contributed by atoms with E-state index in [9.17, 15) is 8.78 Å². The molecule has 0 unspecified atom stereocenters. The van der Waals surface area contributed by atoms with E-state index in [-0.39, 0.29) is 0 Å². The highest BCUT2D eigenvalue weighted by Gasteiger charge is 2.19. The largest absolute Gasteiger partial charge is 0.310 e. The quantitative estimate of drug-likeness (QED) is 0.788. The maximum absolute atomic E-state index is 13.1. The van der Waals surface area contributed by atoms with E-state index in [1.165, 1.54) is 30.5 Å². The Morgan fingerprint density at radius 3 is 2.48 bits per heavy atom. The molecule has 0 atom stereocenters. The van der Waals surface area contributed by atoms with Crippen molar-refractivity contribution in [3.63, 3.8) is 0 Å². The molecule has 3 rings (SSSR count). The van der Waals surface area contributed by atoms with Gasteiger partial charge in [-0.05, 0) is 48.2 Å². The second-order valence-corrected chi connectivity index (χ2v) is 6.42. The molecule has 1 N–H and O–H groups in total. The van der Waals surface area contributed by atoms with Crippen LogP contribution in [-0.4, -0.2) is 6.04 Å². The summed E-state index contributed by atoms with van der Waals surface area (Å²) in [6, 6.07) is 12.6. The molecular formula is C17H17F2NS. The summed E-state index contributed by atoms with van der Waals surface area (Å²) in [6.45, 7) is 0.883. The van der Waals surface area contributed by atoms with E-state index in [1.54, 1.807) is 11.8 Å². The molecule has 1 fully saturated rings. The van der Waals surface area contributed by atoms with Crippen molar-refractivity contribution in [3.05, 3.63) is 65.2 Å². The van der Waals surface area contributed by atoms with Gasteiger partial charge in [-0.25, -0.2) is 8.78 Å². The van der Waals surface area contributed by atoms with E-state index >= 15 is 0 Å². The molecule has 0 aliphatic heterocycles. The van der Waals surface area contributed by atoms with Gasteiger partial charge < -0.3 is 5.32 Å². The van der Waals surface area contributed by atoms with E-state index in [1.807, 2.05) is 12.1 Å². The van der Waals surface area contributed by atoms with E-state index in [0.717, 1.165) is 17.5 Å². The second kappa shape index (κ2) is 6.58. The van der Waals surface area contributed by atoms with Crippen LogP contribution in [0.1, 0.15) is 24.0 Å². The molecule has 0 radical (unpaired) electrons. The normalized spacial score (nSPS) is 14.4. The molecule has 0 aromatic heterocycles. The standard InChI is InChI=1S/C17H17F2NS/c18-14-6-13(7-15(19)9-14)11-21-17-3-1-2-12(8-17)10-20-16-4-5-16/h1-3,6-9,16,20H,4-5,10-11H2. The monoisotopic (exact) mass is 305 g/mol. The zero-order valence-electron chi connectivity index (χ0n) is 11.6. The number of thioether (sulfide) groups is 1. The van der Waals surface area contributed by atoms with E-state index in [2.05, 4.69) is 17.4 Å². The van der Waals surface area contributed by atoms with Crippen LogP contribution in [0.4, 0.5) is 8.78 Å². The molecule has 110 valence electrons. The van der Waals surface area contributed by atoms with Gasteiger partial charge in [0.1, 0.15) is 11.6 Å². The van der Waals surface area contributed by atoms with Crippen molar-refractivity contribution in [1.29, 1.82) is 0 Å². The summed E-state index contributed by atoms with van der Waals surface area (Å²) in [6.07, 6.45) is 2.55. The highest BCUT2D eigenvalue weighted by atomic mass is 32.2. The van der Waals surface area contributed by atoms with Gasteiger partial charge >= 0.3 is 0 Å². The number of halogens is 2. The molecule has 2 aromatic rings. The first kappa shape index (κ1) is 14.5. The van der Waals surface area contributed by atoms with Crippen molar-refractivity contribution in [3.8, 4) is 0 Å². The first-order valence-electron chi connectivity index (χ1n) is 7.09. The fourth-order valence-corrected chi connectivity index (χ4v) is 3.07. The molecule has 2 aromatic carbocycles. The van der Waals surface area contributed by atoms with Gasteiger partial charge in [0.05, 0.1) is 0 Å². The van der Waals surface area contributed by atoms with Crippen molar-refractivity contribution < 1.29 is 8.78 Å². The Labute approximate surface area is 127 Å². The number of hydrogen-bond acceptors (Lipinski definition) is 2. The Hall–Kier alpha value is -1.39. The summed E-state index contributed by atoms with van der Waals surface area (Å²) < 4.78 is 26.3. The van der Waals surface area contributed by atoms with Crippen molar-refractivity contribution in [2.24, 2.45) is 0 Å². The van der Waals surface area contributed by atoms with Gasteiger partial charge in [0.15, 0.2) is 0 Å². The predicted octanol–water partition coefficient (Wildman–Crippen LogP) is 4.51. The van der Waals surface area contributed by atoms with Crippen LogP contribution >= 0.6 is 11.8 Å². The number of hydrogen-bond donors (Lipinski definition) is 1. The fraction of sp³-hybridized carbons (Fsp3) is 0.294. The van der Waals surface area contributed by atoms with Crippen molar-refractivity contribution in [2.75, 3.05) is 0 Å². The molecule has 0 amide bonds. The summed E-state index contributed by atoms with van der Waals surface area (Å²) in [5, 5.41) is 3.48. The molecule has 0 bridgehead atoms. The van der Waals surface area contributed by atoms with Crippen molar-refractivity contribution in [2.45, 2.75) is 36.1 Å². The lowest BCUT2D eigenvalue weighted by Crippen LogP contribution is -2.15. The Balaban J connectivity index is 1.59. The summed E-state index contributed by atoms with van der Waals surface area (Å²) in [5.74, 6) is -0.477. The predicted molar refractivity (Wildman–Crippen MR) is 82.2 cm³/mol. The van der Waals surface area contributed by atoms with Gasteiger partial charge in [-0.2, -0.15) is 0 Å². The lowest BCUT2D eigenvalue weighted by Gasteiger charge is -2.07. The zero-order chi connectivity index (χ0) is 14.7. The van der Waals surface area contributed by atoms with Crippen LogP contribution in [0.25, 0.3) is 0 Å². The smallest absolute Gasteiger partial charge is 0.126 e. The van der Waals surface area contributed by atoms with Gasteiger partial charge in [0.25, 0.3) is 0 Å². The summed E-state index contributed by atoms with van der Waals surface area (Å²) in [5.41, 5.74) is 1.91. The van der Waals surface area contributed by atoms with E-state index in [4.69, 9.17) is 0 Å². The minimum Gasteiger partial charge on any atom is -0.310 e. The van der Waals surface area contributed by atoms with Crippen molar-refractivity contribution >= 4 is 11.8 Å². The molecule has 0 heterocycles. The van der Waals surface area contributed by atoms with Gasteiger partial charge in [-0.3, -0.25) is 0 Å².